The van der Waals surface area contributed by atoms with Crippen molar-refractivity contribution in [1.29, 1.82) is 0 Å². The molecule has 0 aromatic heterocycles. The molecule has 0 unspecified atom stereocenters. The van der Waals surface area contributed by atoms with Gasteiger partial charge in [0.15, 0.2) is 0 Å². The molecule has 0 bridgehead atoms. The minimum atomic E-state index is -0.215. The quantitative estimate of drug-likeness (QED) is 0.696. The van der Waals surface area contributed by atoms with Crippen molar-refractivity contribution >= 4 is 40.9 Å². The molecule has 2 N–H and O–H groups in total. The molecule has 1 aliphatic heterocycles. The van der Waals surface area contributed by atoms with Crippen molar-refractivity contribution in [3.63, 3.8) is 0 Å². The second-order valence-electron chi connectivity index (χ2n) is 7.04. The molecular formula is C22H26ClN3O2S. The van der Waals surface area contributed by atoms with Crippen LogP contribution in [-0.2, 0) is 11.3 Å². The lowest BCUT2D eigenvalue weighted by atomic mass is 10.1. The fraction of sp³-hybridized carbons (Fsp3) is 0.364. The van der Waals surface area contributed by atoms with E-state index < -0.39 is 0 Å². The van der Waals surface area contributed by atoms with Gasteiger partial charge in [-0.3, -0.25) is 14.5 Å². The number of nitrogens with one attached hydrogen (secondary N) is 2. The molecule has 2 aromatic carbocycles. The molecule has 29 heavy (non-hydrogen) atoms. The fourth-order valence-electron chi connectivity index (χ4n) is 3.20. The minimum absolute atomic E-state index is 0.115. The van der Waals surface area contributed by atoms with Gasteiger partial charge in [0.1, 0.15) is 0 Å². The Kier molecular flexibility index (Phi) is 7.98. The third-order valence-electron chi connectivity index (χ3n) is 4.96. The lowest BCUT2D eigenvalue weighted by molar-refractivity contribution is -0.116. The summed E-state index contributed by atoms with van der Waals surface area (Å²) >= 11 is 7.83. The number of rotatable bonds is 7. The molecule has 3 rings (SSSR count). The lowest BCUT2D eigenvalue weighted by Crippen LogP contribution is -2.32. The number of benzene rings is 2. The molecular weight excluding hydrogens is 406 g/mol. The lowest BCUT2D eigenvalue weighted by Gasteiger charge is -2.27. The number of thioether (sulfide) groups is 1. The normalized spacial score (nSPS) is 14.4. The Balaban J connectivity index is 1.49. The smallest absolute Gasteiger partial charge is 0.251 e. The number of carbonyl (C=O) groups excluding carboxylic acids is 2. The van der Waals surface area contributed by atoms with Gasteiger partial charge in [-0.05, 0) is 48.4 Å². The van der Waals surface area contributed by atoms with Crippen molar-refractivity contribution in [3.05, 3.63) is 64.2 Å². The summed E-state index contributed by atoms with van der Waals surface area (Å²) < 4.78 is 0. The summed E-state index contributed by atoms with van der Waals surface area (Å²) in [6.07, 6.45) is 0.215. The predicted octanol–water partition coefficient (Wildman–Crippen LogP) is 3.96. The number of hydrogen-bond donors (Lipinski definition) is 2. The molecule has 7 heteroatoms. The highest BCUT2D eigenvalue weighted by molar-refractivity contribution is 7.99. The van der Waals surface area contributed by atoms with Crippen LogP contribution >= 0.6 is 23.4 Å². The van der Waals surface area contributed by atoms with Gasteiger partial charge in [-0.15, -0.1) is 0 Å². The van der Waals surface area contributed by atoms with E-state index in [4.69, 9.17) is 11.6 Å². The molecule has 0 spiro atoms. The highest BCUT2D eigenvalue weighted by atomic mass is 35.5. The largest absolute Gasteiger partial charge is 0.352 e. The molecule has 0 atom stereocenters. The zero-order chi connectivity index (χ0) is 20.6. The summed E-state index contributed by atoms with van der Waals surface area (Å²) in [5.74, 6) is 2.03. The Morgan fingerprint density at radius 1 is 1.10 bits per heavy atom. The van der Waals surface area contributed by atoms with Crippen LogP contribution in [0.2, 0.25) is 5.02 Å². The van der Waals surface area contributed by atoms with E-state index in [1.807, 2.05) is 30.8 Å². The zero-order valence-corrected chi connectivity index (χ0v) is 18.1. The molecule has 0 saturated carbocycles. The maximum Gasteiger partial charge on any atom is 0.251 e. The summed E-state index contributed by atoms with van der Waals surface area (Å²) in [5, 5.41) is 6.32. The number of amides is 2. The number of hydrogen-bond acceptors (Lipinski definition) is 4. The van der Waals surface area contributed by atoms with E-state index in [1.165, 1.54) is 17.1 Å². The Bertz CT molecular complexity index is 852. The Labute approximate surface area is 181 Å². The van der Waals surface area contributed by atoms with Crippen LogP contribution in [-0.4, -0.2) is 47.9 Å². The summed E-state index contributed by atoms with van der Waals surface area (Å²) in [6.45, 7) is 5.44. The first-order chi connectivity index (χ1) is 14.0. The Morgan fingerprint density at radius 2 is 1.83 bits per heavy atom. The average molecular weight is 432 g/mol. The maximum absolute atomic E-state index is 12.3. The maximum atomic E-state index is 12.3. The molecule has 1 aliphatic rings. The van der Waals surface area contributed by atoms with Crippen LogP contribution in [0.3, 0.4) is 0 Å². The van der Waals surface area contributed by atoms with Gasteiger partial charge in [0, 0.05) is 60.4 Å². The second kappa shape index (κ2) is 10.7. The van der Waals surface area contributed by atoms with Gasteiger partial charge >= 0.3 is 0 Å². The minimum Gasteiger partial charge on any atom is -0.352 e. The summed E-state index contributed by atoms with van der Waals surface area (Å²) in [6, 6.07) is 12.7. The SMILES string of the molecule is Cc1c(CN2CCSCC2)cccc1NC(=O)CCNC(=O)c1ccc(Cl)cc1. The predicted molar refractivity (Wildman–Crippen MR) is 121 cm³/mol. The third-order valence-corrected chi connectivity index (χ3v) is 6.16. The standard InChI is InChI=1S/C22H26ClN3O2S/c1-16-18(15-26-11-13-29-14-12-26)3-2-4-20(16)25-21(27)9-10-24-22(28)17-5-7-19(23)8-6-17/h2-8H,9-15H2,1H3,(H,24,28)(H,25,27). The highest BCUT2D eigenvalue weighted by Gasteiger charge is 2.14. The van der Waals surface area contributed by atoms with E-state index in [9.17, 15) is 9.59 Å². The topological polar surface area (TPSA) is 61.4 Å². The first kappa shape index (κ1) is 21.7. The number of halogens is 1. The molecule has 0 aliphatic carbocycles. The van der Waals surface area contributed by atoms with Crippen molar-refractivity contribution in [2.45, 2.75) is 19.9 Å². The van der Waals surface area contributed by atoms with Crippen LogP contribution in [0.15, 0.2) is 42.5 Å². The third kappa shape index (κ3) is 6.49. The van der Waals surface area contributed by atoms with Gasteiger partial charge < -0.3 is 10.6 Å². The summed E-state index contributed by atoms with van der Waals surface area (Å²) in [5.41, 5.74) is 3.70. The fourth-order valence-corrected chi connectivity index (χ4v) is 4.30. The van der Waals surface area contributed by atoms with Crippen LogP contribution < -0.4 is 10.6 Å². The van der Waals surface area contributed by atoms with E-state index in [-0.39, 0.29) is 24.8 Å². The molecule has 1 saturated heterocycles. The van der Waals surface area contributed by atoms with Gasteiger partial charge in [0.05, 0.1) is 0 Å². The van der Waals surface area contributed by atoms with E-state index in [0.717, 1.165) is 30.9 Å². The molecule has 5 nitrogen and oxygen atoms in total. The Hall–Kier alpha value is -2.02. The van der Waals surface area contributed by atoms with Crippen LogP contribution in [0.25, 0.3) is 0 Å². The van der Waals surface area contributed by atoms with Crippen LogP contribution in [0.1, 0.15) is 27.9 Å². The number of anilines is 1. The monoisotopic (exact) mass is 431 g/mol. The van der Waals surface area contributed by atoms with Crippen molar-refractivity contribution in [3.8, 4) is 0 Å². The van der Waals surface area contributed by atoms with Crippen molar-refractivity contribution in [2.75, 3.05) is 36.5 Å². The molecule has 154 valence electrons. The van der Waals surface area contributed by atoms with Crippen molar-refractivity contribution in [2.24, 2.45) is 0 Å². The van der Waals surface area contributed by atoms with Crippen LogP contribution in [0, 0.1) is 6.92 Å². The molecule has 2 aromatic rings. The first-order valence-corrected chi connectivity index (χ1v) is 11.3. The zero-order valence-electron chi connectivity index (χ0n) is 16.5. The number of carbonyl (C=O) groups is 2. The van der Waals surface area contributed by atoms with Crippen LogP contribution in [0.5, 0.6) is 0 Å². The van der Waals surface area contributed by atoms with E-state index in [0.29, 0.717) is 10.6 Å². The van der Waals surface area contributed by atoms with Gasteiger partial charge in [-0.1, -0.05) is 23.7 Å². The van der Waals surface area contributed by atoms with Gasteiger partial charge in [-0.25, -0.2) is 0 Å². The van der Waals surface area contributed by atoms with E-state index in [2.05, 4.69) is 21.6 Å². The Morgan fingerprint density at radius 3 is 2.55 bits per heavy atom. The molecule has 0 radical (unpaired) electrons. The second-order valence-corrected chi connectivity index (χ2v) is 8.70. The first-order valence-electron chi connectivity index (χ1n) is 9.75. The van der Waals surface area contributed by atoms with Crippen LogP contribution in [0.4, 0.5) is 5.69 Å². The van der Waals surface area contributed by atoms with E-state index >= 15 is 0 Å². The number of nitrogens with zero attached hydrogens (tertiary/aromatic N) is 1. The highest BCUT2D eigenvalue weighted by Crippen LogP contribution is 2.22. The van der Waals surface area contributed by atoms with Crippen molar-refractivity contribution in [1.82, 2.24) is 10.2 Å². The van der Waals surface area contributed by atoms with Gasteiger partial charge in [-0.2, -0.15) is 11.8 Å². The van der Waals surface area contributed by atoms with Gasteiger partial charge in [0.25, 0.3) is 5.91 Å². The van der Waals surface area contributed by atoms with Crippen molar-refractivity contribution < 1.29 is 9.59 Å². The summed E-state index contributed by atoms with van der Waals surface area (Å²) in [4.78, 5) is 26.9. The molecule has 1 fully saturated rings. The van der Waals surface area contributed by atoms with E-state index in [1.54, 1.807) is 24.3 Å². The average Bonchev–Trinajstić information content (AvgIpc) is 2.72. The van der Waals surface area contributed by atoms with Gasteiger partial charge in [0.2, 0.25) is 5.91 Å². The molecule has 1 heterocycles. The summed E-state index contributed by atoms with van der Waals surface area (Å²) in [7, 11) is 0. The molecule has 2 amide bonds.